The molecular weight excluding hydrogens is 280 g/mol. The van der Waals surface area contributed by atoms with E-state index in [-0.39, 0.29) is 22.3 Å². The predicted octanol–water partition coefficient (Wildman–Crippen LogP) is 2.71. The van der Waals surface area contributed by atoms with Gasteiger partial charge in [0.1, 0.15) is 0 Å². The van der Waals surface area contributed by atoms with Crippen LogP contribution in [0.2, 0.25) is 0 Å². The highest BCUT2D eigenvalue weighted by atomic mass is 16.4. The average molecular weight is 290 g/mol. The highest BCUT2D eigenvalue weighted by Gasteiger charge is 2.18. The average Bonchev–Trinajstić information content (AvgIpc) is 2.53. The fraction of sp³-hybridized carbons (Fsp3) is 0. The van der Waals surface area contributed by atoms with Crippen LogP contribution < -0.4 is 0 Å². The first-order valence-corrected chi connectivity index (χ1v) is 6.16. The fourth-order valence-electron chi connectivity index (χ4n) is 2.09. The minimum atomic E-state index is -1.19. The summed E-state index contributed by atoms with van der Waals surface area (Å²) in [7, 11) is 0. The van der Waals surface area contributed by atoms with E-state index in [1.807, 2.05) is 0 Å². The second-order valence-corrected chi connectivity index (χ2v) is 4.42. The molecule has 2 aromatic rings. The van der Waals surface area contributed by atoms with Gasteiger partial charge in [-0.1, -0.05) is 24.0 Å². The molecule has 2 N–H and O–H groups in total. The molecule has 0 spiro atoms. The van der Waals surface area contributed by atoms with Crippen molar-refractivity contribution in [3.05, 3.63) is 58.7 Å². The summed E-state index contributed by atoms with van der Waals surface area (Å²) in [5, 5.41) is 18.7. The summed E-state index contributed by atoms with van der Waals surface area (Å²) < 4.78 is 0. The first kappa shape index (κ1) is 14.9. The third kappa shape index (κ3) is 2.67. The van der Waals surface area contributed by atoms with Crippen LogP contribution in [0.3, 0.4) is 0 Å². The number of benzene rings is 2. The van der Waals surface area contributed by atoms with E-state index < -0.39 is 11.9 Å². The first-order chi connectivity index (χ1) is 10.5. The molecule has 0 radical (unpaired) electrons. The van der Waals surface area contributed by atoms with Gasteiger partial charge >= 0.3 is 11.9 Å². The van der Waals surface area contributed by atoms with E-state index in [0.29, 0.717) is 11.1 Å². The number of carbonyl (C=O) groups is 2. The van der Waals surface area contributed by atoms with Gasteiger partial charge in [-0.2, -0.15) is 0 Å². The molecule has 4 nitrogen and oxygen atoms in total. The Hall–Kier alpha value is -3.50. The lowest BCUT2D eigenvalue weighted by Crippen LogP contribution is -2.05. The maximum atomic E-state index is 11.4. The molecule has 0 fully saturated rings. The topological polar surface area (TPSA) is 74.6 Å². The molecule has 0 bridgehead atoms. The van der Waals surface area contributed by atoms with Crippen LogP contribution in [0.25, 0.3) is 11.1 Å². The summed E-state index contributed by atoms with van der Waals surface area (Å²) >= 11 is 0. The van der Waals surface area contributed by atoms with Gasteiger partial charge in [-0.25, -0.2) is 9.59 Å². The van der Waals surface area contributed by atoms with Crippen molar-refractivity contribution in [2.45, 2.75) is 0 Å². The van der Waals surface area contributed by atoms with E-state index in [1.54, 1.807) is 12.1 Å². The van der Waals surface area contributed by atoms with Crippen LogP contribution in [0, 0.1) is 24.7 Å². The summed E-state index contributed by atoms with van der Waals surface area (Å²) in [6.07, 6.45) is 10.5. The predicted molar refractivity (Wildman–Crippen MR) is 81.7 cm³/mol. The number of hydrogen-bond acceptors (Lipinski definition) is 2. The van der Waals surface area contributed by atoms with Gasteiger partial charge in [0.05, 0.1) is 11.1 Å². The zero-order valence-electron chi connectivity index (χ0n) is 11.3. The monoisotopic (exact) mass is 290 g/mol. The second-order valence-electron chi connectivity index (χ2n) is 4.42. The zero-order chi connectivity index (χ0) is 16.3. The van der Waals surface area contributed by atoms with Crippen LogP contribution in [0.1, 0.15) is 31.8 Å². The smallest absolute Gasteiger partial charge is 0.336 e. The molecule has 0 aliphatic heterocycles. The number of carboxylic acids is 2. The molecule has 0 saturated carbocycles. The third-order valence-corrected chi connectivity index (χ3v) is 3.12. The van der Waals surface area contributed by atoms with E-state index >= 15 is 0 Å². The summed E-state index contributed by atoms with van der Waals surface area (Å²) in [6, 6.07) is 8.77. The molecule has 0 aliphatic rings. The Bertz CT molecular complexity index is 790. The fourth-order valence-corrected chi connectivity index (χ4v) is 2.09. The van der Waals surface area contributed by atoms with Crippen molar-refractivity contribution in [2.24, 2.45) is 0 Å². The quantitative estimate of drug-likeness (QED) is 0.852. The highest BCUT2D eigenvalue weighted by Crippen LogP contribution is 2.29. The molecule has 2 rings (SSSR count). The Balaban J connectivity index is 2.77. The van der Waals surface area contributed by atoms with Gasteiger partial charge < -0.3 is 10.2 Å². The number of rotatable bonds is 3. The van der Waals surface area contributed by atoms with E-state index in [9.17, 15) is 19.8 Å². The summed E-state index contributed by atoms with van der Waals surface area (Å²) in [5.74, 6) is 2.32. The maximum Gasteiger partial charge on any atom is 0.336 e. The van der Waals surface area contributed by atoms with E-state index in [4.69, 9.17) is 12.8 Å². The minimum Gasteiger partial charge on any atom is -0.478 e. The summed E-state index contributed by atoms with van der Waals surface area (Å²) in [6.45, 7) is 0. The van der Waals surface area contributed by atoms with Crippen LogP contribution in [-0.4, -0.2) is 22.2 Å². The normalized spacial score (nSPS) is 9.55. The Labute approximate surface area is 127 Å². The highest BCUT2D eigenvalue weighted by molar-refractivity contribution is 6.02. The summed E-state index contributed by atoms with van der Waals surface area (Å²) in [5.41, 5.74) is 1.22. The molecule has 0 saturated heterocycles. The zero-order valence-corrected chi connectivity index (χ0v) is 11.3. The van der Waals surface area contributed by atoms with Gasteiger partial charge in [0.2, 0.25) is 0 Å². The van der Waals surface area contributed by atoms with Crippen LogP contribution in [0.4, 0.5) is 0 Å². The van der Waals surface area contributed by atoms with Gasteiger partial charge in [-0.3, -0.25) is 0 Å². The van der Waals surface area contributed by atoms with Crippen molar-refractivity contribution in [3.8, 4) is 35.8 Å². The molecule has 2 aromatic carbocycles. The first-order valence-electron chi connectivity index (χ1n) is 6.16. The van der Waals surface area contributed by atoms with Crippen molar-refractivity contribution in [2.75, 3.05) is 0 Å². The van der Waals surface area contributed by atoms with Crippen molar-refractivity contribution in [1.82, 2.24) is 0 Å². The van der Waals surface area contributed by atoms with Crippen LogP contribution >= 0.6 is 0 Å². The van der Waals surface area contributed by atoms with Gasteiger partial charge in [-0.05, 0) is 35.4 Å². The van der Waals surface area contributed by atoms with Crippen molar-refractivity contribution < 1.29 is 19.8 Å². The van der Waals surface area contributed by atoms with Crippen molar-refractivity contribution >= 4 is 11.9 Å². The Morgan fingerprint density at radius 2 is 1.14 bits per heavy atom. The number of hydrogen-bond donors (Lipinski definition) is 2. The number of carboxylic acid groups (broad SMARTS) is 2. The van der Waals surface area contributed by atoms with E-state index in [2.05, 4.69) is 11.8 Å². The molecule has 106 valence electrons. The maximum absolute atomic E-state index is 11.4. The Kier molecular flexibility index (Phi) is 3.97. The van der Waals surface area contributed by atoms with Gasteiger partial charge in [-0.15, -0.1) is 12.8 Å². The Morgan fingerprint density at radius 1 is 0.773 bits per heavy atom. The molecule has 0 heterocycles. The molecule has 0 atom stereocenters. The molecule has 0 unspecified atom stereocenters. The molecule has 0 aromatic heterocycles. The molecule has 0 amide bonds. The molecule has 0 aliphatic carbocycles. The summed E-state index contributed by atoms with van der Waals surface area (Å²) in [4.78, 5) is 22.8. The minimum absolute atomic E-state index is 0.0635. The lowest BCUT2D eigenvalue weighted by atomic mass is 9.93. The van der Waals surface area contributed by atoms with Gasteiger partial charge in [0.25, 0.3) is 0 Å². The standard InChI is InChI=1S/C18H10O4/c1-3-11-5-7-13(15(9-11)17(19)20)14-8-6-12(4-2)10-16(14)18(21)22/h1-2,5-10H,(H,19,20)(H,21,22). The largest absolute Gasteiger partial charge is 0.478 e. The van der Waals surface area contributed by atoms with Crippen molar-refractivity contribution in [3.63, 3.8) is 0 Å². The van der Waals surface area contributed by atoms with Crippen LogP contribution in [0.5, 0.6) is 0 Å². The second kappa shape index (κ2) is 5.87. The SMILES string of the molecule is C#Cc1ccc(-c2ccc(C#C)cc2C(=O)O)c(C(=O)O)c1. The number of terminal acetylenes is 2. The van der Waals surface area contributed by atoms with E-state index in [1.165, 1.54) is 24.3 Å². The Morgan fingerprint density at radius 3 is 1.41 bits per heavy atom. The van der Waals surface area contributed by atoms with Crippen molar-refractivity contribution in [1.29, 1.82) is 0 Å². The van der Waals surface area contributed by atoms with Gasteiger partial charge in [0, 0.05) is 11.1 Å². The van der Waals surface area contributed by atoms with E-state index in [0.717, 1.165) is 0 Å². The molecule has 4 heteroatoms. The van der Waals surface area contributed by atoms with Crippen LogP contribution in [0.15, 0.2) is 36.4 Å². The van der Waals surface area contributed by atoms with Crippen LogP contribution in [-0.2, 0) is 0 Å². The molecule has 22 heavy (non-hydrogen) atoms. The third-order valence-electron chi connectivity index (χ3n) is 3.12. The lowest BCUT2D eigenvalue weighted by Gasteiger charge is -2.11. The molecular formula is C18H10O4. The van der Waals surface area contributed by atoms with Gasteiger partial charge in [0.15, 0.2) is 0 Å². The number of aromatic carboxylic acids is 2. The lowest BCUT2D eigenvalue weighted by molar-refractivity contribution is 0.0684.